The van der Waals surface area contributed by atoms with Gasteiger partial charge < -0.3 is 10.8 Å². The van der Waals surface area contributed by atoms with Gasteiger partial charge in [0.15, 0.2) is 0 Å². The molecule has 1 rings (SSSR count). The van der Waals surface area contributed by atoms with Gasteiger partial charge in [0.05, 0.1) is 12.1 Å². The Morgan fingerprint density at radius 1 is 1.53 bits per heavy atom. The molecule has 0 aliphatic rings. The number of aryl methyl sites for hydroxylation is 1. The summed E-state index contributed by atoms with van der Waals surface area (Å²) in [6.07, 6.45) is -0.315. The second kappa shape index (κ2) is 5.61. The topological polar surface area (TPSA) is 49.5 Å². The van der Waals surface area contributed by atoms with Gasteiger partial charge in [-0.3, -0.25) is 4.90 Å². The Balaban J connectivity index is 2.70. The number of hydrogen-bond acceptors (Lipinski definition) is 4. The zero-order valence-corrected chi connectivity index (χ0v) is 10.4. The predicted octanol–water partition coefficient (Wildman–Crippen LogP) is 1.37. The Hall–Kier alpha value is -0.420. The molecule has 1 aromatic rings. The third-order valence-electron chi connectivity index (χ3n) is 2.40. The third-order valence-corrected chi connectivity index (χ3v) is 3.50. The summed E-state index contributed by atoms with van der Waals surface area (Å²) in [6, 6.07) is 4.45. The normalized spacial score (nSPS) is 15.6. The van der Waals surface area contributed by atoms with E-state index in [4.69, 9.17) is 5.73 Å². The number of aliphatic hydroxyl groups excluding tert-OH is 1. The molecule has 4 heteroatoms. The Bertz CT molecular complexity index is 299. The lowest BCUT2D eigenvalue weighted by molar-refractivity contribution is 0.120. The SMILES string of the molecule is Cc1ccc(C(CN)N(C)CC(C)O)s1. The van der Waals surface area contributed by atoms with E-state index in [1.807, 2.05) is 7.05 Å². The first kappa shape index (κ1) is 12.6. The van der Waals surface area contributed by atoms with Crippen molar-refractivity contribution in [2.75, 3.05) is 20.1 Å². The number of likely N-dealkylation sites (N-methyl/N-ethyl adjacent to an activating group) is 1. The molecule has 0 radical (unpaired) electrons. The van der Waals surface area contributed by atoms with Crippen molar-refractivity contribution in [3.8, 4) is 0 Å². The number of rotatable bonds is 5. The molecular formula is C11H20N2OS. The van der Waals surface area contributed by atoms with Gasteiger partial charge in [-0.05, 0) is 33.0 Å². The van der Waals surface area contributed by atoms with Gasteiger partial charge in [0.25, 0.3) is 0 Å². The average Bonchev–Trinajstić information content (AvgIpc) is 2.51. The van der Waals surface area contributed by atoms with Crippen LogP contribution >= 0.6 is 11.3 Å². The van der Waals surface area contributed by atoms with Crippen LogP contribution in [0.4, 0.5) is 0 Å². The summed E-state index contributed by atoms with van der Waals surface area (Å²) >= 11 is 1.77. The fourth-order valence-electron chi connectivity index (χ4n) is 1.69. The minimum absolute atomic E-state index is 0.221. The van der Waals surface area contributed by atoms with Crippen LogP contribution in [0, 0.1) is 6.92 Å². The van der Waals surface area contributed by atoms with Crippen LogP contribution in [0.15, 0.2) is 12.1 Å². The molecule has 2 atom stereocenters. The fraction of sp³-hybridized carbons (Fsp3) is 0.636. The number of nitrogens with two attached hydrogens (primary N) is 1. The number of thiophene rings is 1. The lowest BCUT2D eigenvalue weighted by atomic mass is 10.2. The summed E-state index contributed by atoms with van der Waals surface area (Å²) in [4.78, 5) is 4.68. The second-order valence-electron chi connectivity index (χ2n) is 3.99. The highest BCUT2D eigenvalue weighted by atomic mass is 32.1. The summed E-state index contributed by atoms with van der Waals surface area (Å²) < 4.78 is 0. The maximum Gasteiger partial charge on any atom is 0.0639 e. The van der Waals surface area contributed by atoms with Gasteiger partial charge in [0, 0.05) is 22.8 Å². The molecule has 0 aliphatic carbocycles. The Labute approximate surface area is 95.5 Å². The standard InChI is InChI=1S/C11H20N2OS/c1-8(14)7-13(3)10(6-12)11-5-4-9(2)15-11/h4-5,8,10,14H,6-7,12H2,1-3H3. The van der Waals surface area contributed by atoms with Gasteiger partial charge in [-0.15, -0.1) is 11.3 Å². The summed E-state index contributed by atoms with van der Waals surface area (Å²) in [5.74, 6) is 0. The highest BCUT2D eigenvalue weighted by molar-refractivity contribution is 7.12. The fourth-order valence-corrected chi connectivity index (χ4v) is 2.75. The van der Waals surface area contributed by atoms with E-state index < -0.39 is 0 Å². The van der Waals surface area contributed by atoms with Crippen molar-refractivity contribution in [1.82, 2.24) is 4.90 Å². The first-order chi connectivity index (χ1) is 7.04. The molecule has 86 valence electrons. The zero-order valence-electron chi connectivity index (χ0n) is 9.60. The van der Waals surface area contributed by atoms with Gasteiger partial charge in [-0.25, -0.2) is 0 Å². The summed E-state index contributed by atoms with van der Waals surface area (Å²) in [5, 5.41) is 9.34. The third kappa shape index (κ3) is 3.57. The first-order valence-corrected chi connectivity index (χ1v) is 6.01. The van der Waals surface area contributed by atoms with Crippen LogP contribution in [-0.4, -0.2) is 36.2 Å². The number of aliphatic hydroxyl groups is 1. The van der Waals surface area contributed by atoms with E-state index in [0.29, 0.717) is 13.1 Å². The van der Waals surface area contributed by atoms with E-state index in [0.717, 1.165) is 0 Å². The van der Waals surface area contributed by atoms with Crippen molar-refractivity contribution >= 4 is 11.3 Å². The minimum Gasteiger partial charge on any atom is -0.392 e. The molecular weight excluding hydrogens is 208 g/mol. The monoisotopic (exact) mass is 228 g/mol. The van der Waals surface area contributed by atoms with Crippen molar-refractivity contribution in [3.05, 3.63) is 21.9 Å². The van der Waals surface area contributed by atoms with E-state index in [9.17, 15) is 5.11 Å². The van der Waals surface area contributed by atoms with E-state index >= 15 is 0 Å². The van der Waals surface area contributed by atoms with Crippen LogP contribution in [0.1, 0.15) is 22.7 Å². The van der Waals surface area contributed by atoms with Crippen LogP contribution in [0.2, 0.25) is 0 Å². The minimum atomic E-state index is -0.315. The maximum atomic E-state index is 9.34. The van der Waals surface area contributed by atoms with Crippen molar-refractivity contribution in [2.45, 2.75) is 26.0 Å². The van der Waals surface area contributed by atoms with Crippen molar-refractivity contribution in [2.24, 2.45) is 5.73 Å². The van der Waals surface area contributed by atoms with Crippen LogP contribution < -0.4 is 5.73 Å². The molecule has 0 aliphatic heterocycles. The molecule has 3 nitrogen and oxygen atoms in total. The summed E-state index contributed by atoms with van der Waals surface area (Å²) in [7, 11) is 2.00. The summed E-state index contributed by atoms with van der Waals surface area (Å²) in [6.45, 7) is 5.13. The Kier molecular flexibility index (Phi) is 4.73. The molecule has 0 spiro atoms. The van der Waals surface area contributed by atoms with Gasteiger partial charge in [-0.1, -0.05) is 0 Å². The van der Waals surface area contributed by atoms with E-state index in [-0.39, 0.29) is 12.1 Å². The van der Waals surface area contributed by atoms with Crippen LogP contribution in [-0.2, 0) is 0 Å². The number of hydrogen-bond donors (Lipinski definition) is 2. The first-order valence-electron chi connectivity index (χ1n) is 5.19. The predicted molar refractivity (Wildman–Crippen MR) is 65.2 cm³/mol. The van der Waals surface area contributed by atoms with Gasteiger partial charge >= 0.3 is 0 Å². The lowest BCUT2D eigenvalue weighted by Gasteiger charge is -2.27. The molecule has 0 saturated heterocycles. The van der Waals surface area contributed by atoms with Crippen molar-refractivity contribution in [3.63, 3.8) is 0 Å². The number of nitrogens with zero attached hydrogens (tertiary/aromatic N) is 1. The lowest BCUT2D eigenvalue weighted by Crippen LogP contribution is -2.34. The quantitative estimate of drug-likeness (QED) is 0.800. The van der Waals surface area contributed by atoms with E-state index in [2.05, 4.69) is 24.0 Å². The molecule has 0 amide bonds. The molecule has 1 heterocycles. The van der Waals surface area contributed by atoms with E-state index in [1.54, 1.807) is 18.3 Å². The molecule has 15 heavy (non-hydrogen) atoms. The molecule has 1 aromatic heterocycles. The van der Waals surface area contributed by atoms with Crippen molar-refractivity contribution in [1.29, 1.82) is 0 Å². The highest BCUT2D eigenvalue weighted by Crippen LogP contribution is 2.25. The van der Waals surface area contributed by atoms with Crippen LogP contribution in [0.3, 0.4) is 0 Å². The Morgan fingerprint density at radius 2 is 2.20 bits per heavy atom. The molecule has 3 N–H and O–H groups in total. The highest BCUT2D eigenvalue weighted by Gasteiger charge is 2.17. The molecule has 0 fully saturated rings. The summed E-state index contributed by atoms with van der Waals surface area (Å²) in [5.41, 5.74) is 5.77. The second-order valence-corrected chi connectivity index (χ2v) is 5.31. The van der Waals surface area contributed by atoms with Gasteiger partial charge in [0.2, 0.25) is 0 Å². The Morgan fingerprint density at radius 3 is 2.60 bits per heavy atom. The zero-order chi connectivity index (χ0) is 11.4. The molecule has 0 aromatic carbocycles. The molecule has 2 unspecified atom stereocenters. The largest absolute Gasteiger partial charge is 0.392 e. The van der Waals surface area contributed by atoms with Gasteiger partial charge in [0.1, 0.15) is 0 Å². The average molecular weight is 228 g/mol. The smallest absolute Gasteiger partial charge is 0.0639 e. The van der Waals surface area contributed by atoms with E-state index in [1.165, 1.54) is 9.75 Å². The van der Waals surface area contributed by atoms with Crippen LogP contribution in [0.5, 0.6) is 0 Å². The maximum absolute atomic E-state index is 9.34. The van der Waals surface area contributed by atoms with Crippen molar-refractivity contribution < 1.29 is 5.11 Å². The van der Waals surface area contributed by atoms with Gasteiger partial charge in [-0.2, -0.15) is 0 Å². The molecule has 0 saturated carbocycles. The molecule has 0 bridgehead atoms. The van der Waals surface area contributed by atoms with Crippen LogP contribution in [0.25, 0.3) is 0 Å².